The lowest BCUT2D eigenvalue weighted by Gasteiger charge is -2.18. The molecule has 0 aliphatic heterocycles. The Hall–Kier alpha value is -1.27. The first-order valence-corrected chi connectivity index (χ1v) is 7.92. The summed E-state index contributed by atoms with van der Waals surface area (Å²) in [5.74, 6) is 0.745. The quantitative estimate of drug-likeness (QED) is 0.688. The van der Waals surface area contributed by atoms with Gasteiger partial charge in [0, 0.05) is 15.6 Å². The van der Waals surface area contributed by atoms with Crippen molar-refractivity contribution in [2.24, 2.45) is 0 Å². The maximum Gasteiger partial charge on any atom is 0.254 e. The van der Waals surface area contributed by atoms with E-state index in [-0.39, 0.29) is 5.91 Å². The molecule has 1 amide bonds. The number of benzene rings is 2. The highest BCUT2D eigenvalue weighted by molar-refractivity contribution is 14.1. The largest absolute Gasteiger partial charge is 0.492 e. The fraction of sp³-hybridized carbons (Fsp3) is 0.188. The Morgan fingerprint density at radius 1 is 1.24 bits per heavy atom. The van der Waals surface area contributed by atoms with Crippen LogP contribution < -0.4 is 4.74 Å². The fourth-order valence-electron chi connectivity index (χ4n) is 1.79. The van der Waals surface area contributed by atoms with E-state index < -0.39 is 0 Å². The van der Waals surface area contributed by atoms with Gasteiger partial charge in [0.2, 0.25) is 0 Å². The third kappa shape index (κ3) is 4.61. The molecule has 3 nitrogen and oxygen atoms in total. The van der Waals surface area contributed by atoms with Crippen molar-refractivity contribution in [2.45, 2.75) is 0 Å². The maximum absolute atomic E-state index is 12.4. The average molecular weight is 416 g/mol. The van der Waals surface area contributed by atoms with E-state index in [1.807, 2.05) is 36.4 Å². The summed E-state index contributed by atoms with van der Waals surface area (Å²) >= 11 is 8.09. The second kappa shape index (κ2) is 7.66. The van der Waals surface area contributed by atoms with Crippen molar-refractivity contribution in [3.05, 3.63) is 62.7 Å². The molecular weight excluding hydrogens is 401 g/mol. The zero-order valence-electron chi connectivity index (χ0n) is 11.6. The lowest BCUT2D eigenvalue weighted by molar-refractivity contribution is 0.0772. The van der Waals surface area contributed by atoms with Gasteiger partial charge in [-0.25, -0.2) is 0 Å². The zero-order chi connectivity index (χ0) is 15.2. The van der Waals surface area contributed by atoms with Crippen molar-refractivity contribution in [3.63, 3.8) is 0 Å². The Kier molecular flexibility index (Phi) is 5.87. The number of nitrogens with zero attached hydrogens (tertiary/aromatic N) is 1. The molecule has 110 valence electrons. The molecule has 0 fully saturated rings. The van der Waals surface area contributed by atoms with Crippen LogP contribution in [-0.2, 0) is 0 Å². The summed E-state index contributed by atoms with van der Waals surface area (Å²) in [5, 5.41) is 0.563. The van der Waals surface area contributed by atoms with Crippen molar-refractivity contribution < 1.29 is 9.53 Å². The standard InChI is InChI=1S/C16H15ClINO2/c1-19(9-10-21-13-5-3-2-4-6-13)16(20)14-11-12(17)7-8-15(14)18/h2-8,11H,9-10H2,1H3. The van der Waals surface area contributed by atoms with Crippen LogP contribution in [0.2, 0.25) is 5.02 Å². The third-order valence-corrected chi connectivity index (χ3v) is 4.12. The predicted molar refractivity (Wildman–Crippen MR) is 93.1 cm³/mol. The highest BCUT2D eigenvalue weighted by Gasteiger charge is 2.15. The second-order valence-corrected chi connectivity index (χ2v) is 6.11. The first-order valence-electron chi connectivity index (χ1n) is 6.46. The maximum atomic E-state index is 12.4. The molecule has 0 N–H and O–H groups in total. The third-order valence-electron chi connectivity index (χ3n) is 2.94. The Labute approximate surface area is 143 Å². The summed E-state index contributed by atoms with van der Waals surface area (Å²) < 4.78 is 6.48. The van der Waals surface area contributed by atoms with E-state index in [0.29, 0.717) is 23.7 Å². The van der Waals surface area contributed by atoms with Gasteiger partial charge >= 0.3 is 0 Å². The SMILES string of the molecule is CN(CCOc1ccccc1)C(=O)c1cc(Cl)ccc1I. The van der Waals surface area contributed by atoms with Crippen LogP contribution in [0.3, 0.4) is 0 Å². The predicted octanol–water partition coefficient (Wildman–Crippen LogP) is 4.10. The molecule has 0 radical (unpaired) electrons. The van der Waals surface area contributed by atoms with Crippen molar-refractivity contribution in [1.29, 1.82) is 0 Å². The van der Waals surface area contributed by atoms with Crippen LogP contribution in [0.5, 0.6) is 5.75 Å². The number of hydrogen-bond donors (Lipinski definition) is 0. The van der Waals surface area contributed by atoms with Crippen molar-refractivity contribution in [3.8, 4) is 5.75 Å². The summed E-state index contributed by atoms with van der Waals surface area (Å²) in [6.45, 7) is 0.958. The molecule has 2 aromatic carbocycles. The van der Waals surface area contributed by atoms with E-state index in [0.717, 1.165) is 9.32 Å². The average Bonchev–Trinajstić information content (AvgIpc) is 2.50. The van der Waals surface area contributed by atoms with Gasteiger partial charge in [-0.15, -0.1) is 0 Å². The van der Waals surface area contributed by atoms with E-state index >= 15 is 0 Å². The van der Waals surface area contributed by atoms with Gasteiger partial charge < -0.3 is 9.64 Å². The van der Waals surface area contributed by atoms with E-state index in [9.17, 15) is 4.79 Å². The minimum atomic E-state index is -0.0569. The summed E-state index contributed by atoms with van der Waals surface area (Å²) in [6.07, 6.45) is 0. The van der Waals surface area contributed by atoms with Crippen LogP contribution in [0, 0.1) is 3.57 Å². The van der Waals surface area contributed by atoms with Gasteiger partial charge in [-0.2, -0.15) is 0 Å². The van der Waals surface area contributed by atoms with Gasteiger partial charge in [0.05, 0.1) is 12.1 Å². The first kappa shape index (κ1) is 16.1. The van der Waals surface area contributed by atoms with Crippen molar-refractivity contribution in [1.82, 2.24) is 4.90 Å². The van der Waals surface area contributed by atoms with Crippen molar-refractivity contribution >= 4 is 40.1 Å². The Morgan fingerprint density at radius 2 is 1.95 bits per heavy atom. The van der Waals surface area contributed by atoms with Gasteiger partial charge in [0.15, 0.2) is 0 Å². The lowest BCUT2D eigenvalue weighted by Crippen LogP contribution is -2.31. The molecule has 0 spiro atoms. The van der Waals surface area contributed by atoms with Crippen LogP contribution in [0.15, 0.2) is 48.5 Å². The molecule has 0 aliphatic rings. The molecule has 0 aliphatic carbocycles. The molecule has 5 heteroatoms. The fourth-order valence-corrected chi connectivity index (χ4v) is 2.52. The molecule has 0 unspecified atom stereocenters. The topological polar surface area (TPSA) is 29.5 Å². The number of hydrogen-bond acceptors (Lipinski definition) is 2. The molecule has 0 bridgehead atoms. The first-order chi connectivity index (χ1) is 10.1. The number of ether oxygens (including phenoxy) is 1. The van der Waals surface area contributed by atoms with Crippen LogP contribution in [0.25, 0.3) is 0 Å². The highest BCUT2D eigenvalue weighted by atomic mass is 127. The minimum Gasteiger partial charge on any atom is -0.492 e. The van der Waals surface area contributed by atoms with Crippen molar-refractivity contribution in [2.75, 3.05) is 20.2 Å². The van der Waals surface area contributed by atoms with Gasteiger partial charge in [-0.3, -0.25) is 4.79 Å². The molecule has 2 aromatic rings. The number of amides is 1. The molecule has 21 heavy (non-hydrogen) atoms. The number of rotatable bonds is 5. The Morgan fingerprint density at radius 3 is 2.67 bits per heavy atom. The summed E-state index contributed by atoms with van der Waals surface area (Å²) in [5.41, 5.74) is 0.616. The normalized spacial score (nSPS) is 10.2. The molecule has 0 saturated carbocycles. The van der Waals surface area contributed by atoms with E-state index in [4.69, 9.17) is 16.3 Å². The molecule has 0 heterocycles. The highest BCUT2D eigenvalue weighted by Crippen LogP contribution is 2.19. The molecular formula is C16H15ClINO2. The Balaban J connectivity index is 1.92. The molecule has 0 atom stereocenters. The summed E-state index contributed by atoms with van der Waals surface area (Å²) in [4.78, 5) is 14.0. The monoisotopic (exact) mass is 415 g/mol. The molecule has 0 aromatic heterocycles. The number of likely N-dealkylation sites (N-methyl/N-ethyl adjacent to an activating group) is 1. The number of carbonyl (C=O) groups is 1. The zero-order valence-corrected chi connectivity index (χ0v) is 14.5. The smallest absolute Gasteiger partial charge is 0.254 e. The van der Waals surface area contributed by atoms with Gasteiger partial charge in [0.1, 0.15) is 12.4 Å². The van der Waals surface area contributed by atoms with Crippen LogP contribution in [-0.4, -0.2) is 31.0 Å². The number of carbonyl (C=O) groups excluding carboxylic acids is 1. The molecule has 2 rings (SSSR count). The van der Waals surface area contributed by atoms with Gasteiger partial charge in [-0.1, -0.05) is 29.8 Å². The number of halogens is 2. The summed E-state index contributed by atoms with van der Waals surface area (Å²) in [6, 6.07) is 14.9. The molecule has 0 saturated heterocycles. The van der Waals surface area contributed by atoms with E-state index in [1.165, 1.54) is 0 Å². The van der Waals surface area contributed by atoms with Gasteiger partial charge in [-0.05, 0) is 52.9 Å². The summed E-state index contributed by atoms with van der Waals surface area (Å²) in [7, 11) is 1.76. The number of para-hydroxylation sites is 1. The van der Waals surface area contributed by atoms with Crippen LogP contribution >= 0.6 is 34.2 Å². The van der Waals surface area contributed by atoms with Gasteiger partial charge in [0.25, 0.3) is 5.91 Å². The Bertz CT molecular complexity index is 619. The van der Waals surface area contributed by atoms with Crippen LogP contribution in [0.1, 0.15) is 10.4 Å². The minimum absolute atomic E-state index is 0.0569. The van der Waals surface area contributed by atoms with E-state index in [1.54, 1.807) is 24.1 Å². The van der Waals surface area contributed by atoms with Crippen LogP contribution in [0.4, 0.5) is 0 Å². The second-order valence-electron chi connectivity index (χ2n) is 4.51. The lowest BCUT2D eigenvalue weighted by atomic mass is 10.2. The van der Waals surface area contributed by atoms with E-state index in [2.05, 4.69) is 22.6 Å².